The molecule has 9 amide bonds. The normalized spacial score (nSPS) is 12.5. The Morgan fingerprint density at radius 3 is 1.57 bits per heavy atom. The first-order valence-electron chi connectivity index (χ1n) is 25.0. The molecule has 2 aromatic heterocycles. The number of hydrogen-bond donors (Lipinski definition) is 7. The fourth-order valence-electron chi connectivity index (χ4n) is 7.68. The monoisotopic (exact) mass is 1140 g/mol. The van der Waals surface area contributed by atoms with Crippen LogP contribution < -0.4 is 38.5 Å². The van der Waals surface area contributed by atoms with Gasteiger partial charge in [0, 0.05) is 75.3 Å². The lowest BCUT2D eigenvalue weighted by atomic mass is 10.1. The molecule has 0 unspecified atom stereocenters. The number of nitrogens with zero attached hydrogens (tertiary/aromatic N) is 9. The zero-order chi connectivity index (χ0) is 58.5. The molecule has 422 valence electrons. The lowest BCUT2D eigenvalue weighted by molar-refractivity contribution is -0.138. The Bertz CT molecular complexity index is 3410. The topological polar surface area (TPSA) is 354 Å². The molecular formula is C52H58Cl2F2N16O8. The molecule has 0 saturated heterocycles. The molecule has 80 heavy (non-hydrogen) atoms. The Hall–Kier alpha value is -8.71. The fourth-order valence-corrected chi connectivity index (χ4v) is 8.07. The molecule has 8 rings (SSSR count). The quantitative estimate of drug-likeness (QED) is 0.0288. The van der Waals surface area contributed by atoms with Crippen LogP contribution in [-0.2, 0) is 45.4 Å². The van der Waals surface area contributed by atoms with Crippen molar-refractivity contribution < 1.29 is 47.1 Å². The van der Waals surface area contributed by atoms with Gasteiger partial charge in [-0.2, -0.15) is 10.2 Å². The van der Waals surface area contributed by atoms with Gasteiger partial charge in [-0.15, -0.1) is 0 Å². The molecule has 2 saturated carbocycles. The highest BCUT2D eigenvalue weighted by molar-refractivity contribution is 6.31. The van der Waals surface area contributed by atoms with Crippen LogP contribution in [0.25, 0.3) is 32.2 Å². The summed E-state index contributed by atoms with van der Waals surface area (Å²) in [6.45, 7) is 5.52. The third kappa shape index (κ3) is 16.4. The zero-order valence-corrected chi connectivity index (χ0v) is 45.4. The van der Waals surface area contributed by atoms with Gasteiger partial charge in [0.25, 0.3) is 11.8 Å². The van der Waals surface area contributed by atoms with Crippen LogP contribution in [0.2, 0.25) is 10.0 Å². The summed E-state index contributed by atoms with van der Waals surface area (Å²) in [4.78, 5) is 105. The number of carbonyl (C=O) groups is 8. The summed E-state index contributed by atoms with van der Waals surface area (Å²) in [5.41, 5.74) is 26.1. The largest absolute Gasteiger partial charge is 0.364 e. The van der Waals surface area contributed by atoms with Crippen LogP contribution in [0.15, 0.2) is 77.9 Å². The van der Waals surface area contributed by atoms with Gasteiger partial charge in [-0.25, -0.2) is 13.6 Å². The number of benzene rings is 4. The molecule has 10 N–H and O–H groups in total. The Labute approximate surface area is 466 Å². The summed E-state index contributed by atoms with van der Waals surface area (Å²) in [5.74, 6) is -5.73. The molecule has 2 aliphatic carbocycles. The number of primary amides is 2. The van der Waals surface area contributed by atoms with Crippen molar-refractivity contribution in [2.24, 2.45) is 22.3 Å². The van der Waals surface area contributed by atoms with E-state index in [2.05, 4.69) is 41.5 Å². The third-order valence-corrected chi connectivity index (χ3v) is 12.8. The van der Waals surface area contributed by atoms with Crippen molar-refractivity contribution in [1.82, 2.24) is 45.3 Å². The van der Waals surface area contributed by atoms with Crippen molar-refractivity contribution in [2.45, 2.75) is 104 Å². The van der Waals surface area contributed by atoms with Crippen LogP contribution >= 0.6 is 23.2 Å². The number of nitrogens with two attached hydrogens (primary N) is 3. The third-order valence-electron chi connectivity index (χ3n) is 12.2. The van der Waals surface area contributed by atoms with Crippen molar-refractivity contribution in [2.75, 3.05) is 18.4 Å². The van der Waals surface area contributed by atoms with Crippen LogP contribution in [0, 0.1) is 11.6 Å². The molecule has 0 atom stereocenters. The summed E-state index contributed by atoms with van der Waals surface area (Å²) in [6, 6.07) is 17.5. The highest BCUT2D eigenvalue weighted by Crippen LogP contribution is 2.26. The van der Waals surface area contributed by atoms with E-state index in [-0.39, 0.29) is 107 Å². The van der Waals surface area contributed by atoms with Gasteiger partial charge in [-0.1, -0.05) is 47.5 Å². The minimum absolute atomic E-state index is 0.00953. The summed E-state index contributed by atoms with van der Waals surface area (Å²) < 4.78 is 30.8. The number of hydrogen-bond acceptors (Lipinski definition) is 11. The number of halogens is 4. The van der Waals surface area contributed by atoms with Crippen molar-refractivity contribution >= 4 is 98.1 Å². The van der Waals surface area contributed by atoms with Crippen molar-refractivity contribution in [3.8, 4) is 0 Å². The molecule has 28 heteroatoms. The molecular weight excluding hydrogens is 1090 g/mol. The number of anilines is 1. The molecule has 0 spiro atoms. The minimum Gasteiger partial charge on any atom is -0.364 e. The number of carbonyl (C=O) groups excluding carboxylic acids is 8. The molecule has 0 bridgehead atoms. The van der Waals surface area contributed by atoms with Crippen molar-refractivity contribution in [1.29, 1.82) is 0 Å². The smallest absolute Gasteiger partial charge is 0.319 e. The van der Waals surface area contributed by atoms with E-state index in [4.69, 9.17) is 45.9 Å². The molecule has 0 radical (unpaired) electrons. The maximum absolute atomic E-state index is 14.1. The van der Waals surface area contributed by atoms with Gasteiger partial charge in [0.1, 0.15) is 24.7 Å². The first-order chi connectivity index (χ1) is 37.9. The number of fused-ring (bicyclic) bond motifs is 2. The number of aromatic nitrogens is 4. The number of urea groups is 1. The second-order valence-corrected chi connectivity index (χ2v) is 19.9. The lowest BCUT2D eigenvalue weighted by Crippen LogP contribution is -2.45. The Morgan fingerprint density at radius 2 is 1.16 bits per heavy atom. The molecule has 2 aliphatic rings. The van der Waals surface area contributed by atoms with E-state index in [0.29, 0.717) is 28.1 Å². The number of azide groups is 1. The predicted octanol–water partition coefficient (Wildman–Crippen LogP) is 5.80. The summed E-state index contributed by atoms with van der Waals surface area (Å²) in [7, 11) is 0. The first-order valence-corrected chi connectivity index (χ1v) is 25.7. The maximum Gasteiger partial charge on any atom is 0.319 e. The SMILES string of the molecule is CC(C)N(CC(=O)NCc1cccc(Cl)c1F)C(=O)Cn1nc(C(N)=O)c2cc(C(=O)N=[N+]=[N-])ccc21.CC(C)N(CC(=O)NCc1cccc(Cl)c1F)C(=O)Cn1nc(C(N)=O)c2cc(NC(=O)NC3CC3)ccc21.NC1CC1. The fraction of sp³-hybridized carbons (Fsp3) is 0.346. The van der Waals surface area contributed by atoms with Crippen LogP contribution in [0.5, 0.6) is 0 Å². The van der Waals surface area contributed by atoms with Crippen LogP contribution in [0.3, 0.4) is 0 Å². The molecule has 0 aliphatic heterocycles. The van der Waals surface area contributed by atoms with E-state index < -0.39 is 53.0 Å². The molecule has 24 nitrogen and oxygen atoms in total. The average molecular weight is 1140 g/mol. The van der Waals surface area contributed by atoms with E-state index in [1.165, 1.54) is 74.5 Å². The van der Waals surface area contributed by atoms with Crippen molar-refractivity contribution in [3.63, 3.8) is 0 Å². The minimum atomic E-state index is -0.891. The molecule has 4 aromatic carbocycles. The molecule has 2 heterocycles. The highest BCUT2D eigenvalue weighted by atomic mass is 35.5. The van der Waals surface area contributed by atoms with Crippen molar-refractivity contribution in [3.05, 3.63) is 133 Å². The standard InChI is InChI=1S/C26H29ClFN7O4.C23H22ClFN8O4.C3H7N/c1-14(2)34(12-21(36)30-11-15-4-3-5-19(27)23(15)28)22(37)13-35-20-9-8-17(32-26(39)31-16-6-7-16)10-18(20)24(33-35)25(29)38;1-12(2)32(10-18(34)28-9-14-4-3-5-16(24)20(14)25)19(35)11-33-17-7-6-13(23(37)29-31-27)8-15(17)21(30-33)22(26)36;4-3-1-2-3/h3-5,8-10,14,16H,6-7,11-13H2,1-2H3,(H2,29,38)(H,30,36)(H2,31,32,39);3-8,12H,9-11H2,1-2H3,(H2,26,36)(H,28,34);3H,1-2,4H2. The Kier molecular flexibility index (Phi) is 20.6. The van der Waals surface area contributed by atoms with Crippen LogP contribution in [0.1, 0.15) is 95.8 Å². The average Bonchev–Trinajstić information content (AvgIpc) is 4.35. The van der Waals surface area contributed by atoms with Gasteiger partial charge in [0.05, 0.1) is 34.2 Å². The zero-order valence-electron chi connectivity index (χ0n) is 43.8. The number of rotatable bonds is 19. The van der Waals surface area contributed by atoms with Gasteiger partial charge in [-0.3, -0.25) is 42.9 Å². The number of nitrogens with one attached hydrogen (secondary N) is 4. The first kappa shape index (κ1) is 60.5. The highest BCUT2D eigenvalue weighted by Gasteiger charge is 2.27. The second kappa shape index (κ2) is 27.2. The van der Waals surface area contributed by atoms with Gasteiger partial charge < -0.3 is 48.3 Å². The Morgan fingerprint density at radius 1 is 0.713 bits per heavy atom. The van der Waals surface area contributed by atoms with E-state index in [9.17, 15) is 47.1 Å². The van der Waals surface area contributed by atoms with Gasteiger partial charge >= 0.3 is 6.03 Å². The van der Waals surface area contributed by atoms with E-state index in [1.807, 2.05) is 0 Å². The van der Waals surface area contributed by atoms with Gasteiger partial charge in [0.2, 0.25) is 29.5 Å². The summed E-state index contributed by atoms with van der Waals surface area (Å²) in [6.07, 6.45) is 4.41. The molecule has 6 aromatic rings. The summed E-state index contributed by atoms with van der Waals surface area (Å²) in [5, 5.41) is 22.5. The van der Waals surface area contributed by atoms with Crippen LogP contribution in [0.4, 0.5) is 19.3 Å². The van der Waals surface area contributed by atoms with E-state index in [0.717, 1.165) is 12.8 Å². The summed E-state index contributed by atoms with van der Waals surface area (Å²) >= 11 is 11.5. The van der Waals surface area contributed by atoms with E-state index >= 15 is 0 Å². The second-order valence-electron chi connectivity index (χ2n) is 19.1. The lowest BCUT2D eigenvalue weighted by Gasteiger charge is -2.26. The molecule has 2 fully saturated rings. The van der Waals surface area contributed by atoms with E-state index in [1.54, 1.807) is 58.0 Å². The maximum atomic E-state index is 14.1. The Balaban J connectivity index is 0.000000241. The predicted molar refractivity (Wildman–Crippen MR) is 293 cm³/mol. The number of amides is 9. The van der Waals surface area contributed by atoms with Gasteiger partial charge in [0.15, 0.2) is 11.4 Å². The van der Waals surface area contributed by atoms with Gasteiger partial charge in [-0.05, 0) is 113 Å². The van der Waals surface area contributed by atoms with Crippen LogP contribution in [-0.4, -0.2) is 114 Å².